The predicted octanol–water partition coefficient (Wildman–Crippen LogP) is 4.38. The standard InChI is InChI=1S/C16H17ClO4/c1-20-12-9-11(13(17)10-5-8-21-14(10)12)16(15(18)19)6-3-2-4-7-16/h5,8-9H,2-4,6-7H2,1H3,(H,18,19). The summed E-state index contributed by atoms with van der Waals surface area (Å²) < 4.78 is 10.8. The lowest BCUT2D eigenvalue weighted by Crippen LogP contribution is -2.38. The zero-order valence-corrected chi connectivity index (χ0v) is 12.6. The van der Waals surface area contributed by atoms with Gasteiger partial charge in [-0.25, -0.2) is 0 Å². The van der Waals surface area contributed by atoms with Gasteiger partial charge in [-0.2, -0.15) is 0 Å². The van der Waals surface area contributed by atoms with Crippen LogP contribution in [0.1, 0.15) is 37.7 Å². The van der Waals surface area contributed by atoms with E-state index in [-0.39, 0.29) is 0 Å². The Bertz CT molecular complexity index is 683. The second-order valence-corrected chi connectivity index (χ2v) is 5.93. The number of hydrogen-bond donors (Lipinski definition) is 1. The van der Waals surface area contributed by atoms with E-state index in [4.69, 9.17) is 20.8 Å². The molecule has 0 unspecified atom stereocenters. The van der Waals surface area contributed by atoms with E-state index >= 15 is 0 Å². The van der Waals surface area contributed by atoms with Gasteiger partial charge < -0.3 is 14.3 Å². The molecule has 0 atom stereocenters. The van der Waals surface area contributed by atoms with Crippen LogP contribution in [0.3, 0.4) is 0 Å². The highest BCUT2D eigenvalue weighted by molar-refractivity contribution is 6.36. The molecule has 1 fully saturated rings. The zero-order chi connectivity index (χ0) is 15.0. The molecule has 0 amide bonds. The lowest BCUT2D eigenvalue weighted by Gasteiger charge is -2.34. The number of hydrogen-bond acceptors (Lipinski definition) is 3. The van der Waals surface area contributed by atoms with E-state index in [2.05, 4.69) is 0 Å². The van der Waals surface area contributed by atoms with Crippen LogP contribution in [0.2, 0.25) is 5.02 Å². The number of carboxylic acids is 1. The highest BCUT2D eigenvalue weighted by Gasteiger charge is 2.43. The summed E-state index contributed by atoms with van der Waals surface area (Å²) in [5.41, 5.74) is 0.276. The number of methoxy groups -OCH3 is 1. The molecule has 1 aromatic heterocycles. The molecule has 1 aliphatic carbocycles. The Hall–Kier alpha value is -1.68. The van der Waals surface area contributed by atoms with Crippen molar-refractivity contribution in [2.45, 2.75) is 37.5 Å². The molecule has 1 heterocycles. The van der Waals surface area contributed by atoms with Gasteiger partial charge in [0.05, 0.1) is 23.8 Å². The molecule has 2 aromatic rings. The van der Waals surface area contributed by atoms with Crippen LogP contribution in [0.15, 0.2) is 22.8 Å². The highest BCUT2D eigenvalue weighted by Crippen LogP contribution is 2.47. The molecular weight excluding hydrogens is 292 g/mol. The molecule has 112 valence electrons. The third kappa shape index (κ3) is 2.09. The number of rotatable bonds is 3. The monoisotopic (exact) mass is 308 g/mol. The number of carboxylic acid groups (broad SMARTS) is 1. The first-order chi connectivity index (χ1) is 10.1. The van der Waals surface area contributed by atoms with Crippen molar-refractivity contribution in [1.29, 1.82) is 0 Å². The molecule has 0 bridgehead atoms. The van der Waals surface area contributed by atoms with Gasteiger partial charge in [0, 0.05) is 5.39 Å². The smallest absolute Gasteiger partial charge is 0.314 e. The number of benzene rings is 1. The number of carbonyl (C=O) groups is 1. The molecule has 0 saturated heterocycles. The van der Waals surface area contributed by atoms with Gasteiger partial charge in [0.1, 0.15) is 0 Å². The Morgan fingerprint density at radius 2 is 2.10 bits per heavy atom. The van der Waals surface area contributed by atoms with Gasteiger partial charge in [0.25, 0.3) is 0 Å². The van der Waals surface area contributed by atoms with Crippen LogP contribution < -0.4 is 4.74 Å². The van der Waals surface area contributed by atoms with Crippen molar-refractivity contribution in [3.8, 4) is 5.75 Å². The second-order valence-electron chi connectivity index (χ2n) is 5.55. The van der Waals surface area contributed by atoms with Crippen LogP contribution >= 0.6 is 11.6 Å². The summed E-state index contributed by atoms with van der Waals surface area (Å²) in [7, 11) is 1.54. The first kappa shape index (κ1) is 14.3. The summed E-state index contributed by atoms with van der Waals surface area (Å²) in [5.74, 6) is -0.283. The number of furan rings is 1. The van der Waals surface area contributed by atoms with Gasteiger partial charge in [-0.05, 0) is 30.5 Å². The third-order valence-corrected chi connectivity index (χ3v) is 4.90. The van der Waals surface area contributed by atoms with Crippen molar-refractivity contribution in [3.63, 3.8) is 0 Å². The van der Waals surface area contributed by atoms with E-state index in [9.17, 15) is 9.90 Å². The van der Waals surface area contributed by atoms with Crippen LogP contribution in [-0.2, 0) is 10.2 Å². The van der Waals surface area contributed by atoms with E-state index in [1.807, 2.05) is 0 Å². The molecular formula is C16H17ClO4. The summed E-state index contributed by atoms with van der Waals surface area (Å²) in [6.07, 6.45) is 5.61. The van der Waals surface area contributed by atoms with Crippen LogP contribution in [0.25, 0.3) is 11.0 Å². The minimum absolute atomic E-state index is 0.462. The maximum atomic E-state index is 12.0. The van der Waals surface area contributed by atoms with Crippen molar-refractivity contribution in [2.75, 3.05) is 7.11 Å². The minimum atomic E-state index is -0.923. The first-order valence-electron chi connectivity index (χ1n) is 7.08. The van der Waals surface area contributed by atoms with Crippen molar-refractivity contribution in [2.24, 2.45) is 0 Å². The molecule has 0 aliphatic heterocycles. The van der Waals surface area contributed by atoms with E-state index in [1.165, 1.54) is 6.26 Å². The van der Waals surface area contributed by atoms with Gasteiger partial charge in [0.2, 0.25) is 0 Å². The maximum Gasteiger partial charge on any atom is 0.314 e. The average molecular weight is 309 g/mol. The molecule has 1 saturated carbocycles. The van der Waals surface area contributed by atoms with Crippen molar-refractivity contribution in [1.82, 2.24) is 0 Å². The fourth-order valence-corrected chi connectivity index (χ4v) is 3.72. The molecule has 21 heavy (non-hydrogen) atoms. The van der Waals surface area contributed by atoms with Crippen molar-refractivity contribution >= 4 is 28.5 Å². The Labute approximate surface area is 127 Å². The van der Waals surface area contributed by atoms with Crippen LogP contribution in [0, 0.1) is 0 Å². The van der Waals surface area contributed by atoms with E-state index in [1.54, 1.807) is 19.2 Å². The quantitative estimate of drug-likeness (QED) is 0.914. The molecule has 1 aliphatic rings. The fraction of sp³-hybridized carbons (Fsp3) is 0.438. The Morgan fingerprint density at radius 3 is 2.71 bits per heavy atom. The molecule has 1 N–H and O–H groups in total. The van der Waals surface area contributed by atoms with E-state index in [0.717, 1.165) is 19.3 Å². The van der Waals surface area contributed by atoms with Gasteiger partial charge >= 0.3 is 5.97 Å². The van der Waals surface area contributed by atoms with E-state index < -0.39 is 11.4 Å². The summed E-state index contributed by atoms with van der Waals surface area (Å²) >= 11 is 6.50. The number of aliphatic carboxylic acids is 1. The summed E-state index contributed by atoms with van der Waals surface area (Å²) in [4.78, 5) is 12.0. The van der Waals surface area contributed by atoms with Crippen LogP contribution in [0.4, 0.5) is 0 Å². The van der Waals surface area contributed by atoms with Crippen molar-refractivity contribution in [3.05, 3.63) is 29.0 Å². The third-order valence-electron chi connectivity index (χ3n) is 4.49. The first-order valence-corrected chi connectivity index (χ1v) is 7.45. The lowest BCUT2D eigenvalue weighted by atomic mass is 9.69. The number of halogens is 1. The molecule has 0 radical (unpaired) electrons. The fourth-order valence-electron chi connectivity index (χ4n) is 3.33. The largest absolute Gasteiger partial charge is 0.493 e. The Morgan fingerprint density at radius 1 is 1.38 bits per heavy atom. The molecule has 3 rings (SSSR count). The van der Waals surface area contributed by atoms with Gasteiger partial charge in [0.15, 0.2) is 11.3 Å². The Kier molecular flexibility index (Phi) is 3.57. The number of fused-ring (bicyclic) bond motifs is 1. The van der Waals surface area contributed by atoms with E-state index in [0.29, 0.717) is 40.1 Å². The minimum Gasteiger partial charge on any atom is -0.493 e. The topological polar surface area (TPSA) is 59.7 Å². The highest BCUT2D eigenvalue weighted by atomic mass is 35.5. The molecule has 1 aromatic carbocycles. The van der Waals surface area contributed by atoms with Gasteiger partial charge in [-0.1, -0.05) is 30.9 Å². The average Bonchev–Trinajstić information content (AvgIpc) is 2.98. The van der Waals surface area contributed by atoms with Crippen LogP contribution in [0.5, 0.6) is 5.75 Å². The molecule has 0 spiro atoms. The molecule has 5 heteroatoms. The lowest BCUT2D eigenvalue weighted by molar-refractivity contribution is -0.145. The normalized spacial score (nSPS) is 17.8. The Balaban J connectivity index is 2.26. The summed E-state index contributed by atoms with van der Waals surface area (Å²) in [6.45, 7) is 0. The summed E-state index contributed by atoms with van der Waals surface area (Å²) in [5, 5.41) is 11.0. The predicted molar refractivity (Wildman–Crippen MR) is 80.2 cm³/mol. The SMILES string of the molecule is COc1cc(C2(C(=O)O)CCCCC2)c(Cl)c2ccoc12. The number of ether oxygens (including phenoxy) is 1. The van der Waals surface area contributed by atoms with Crippen LogP contribution in [-0.4, -0.2) is 18.2 Å². The maximum absolute atomic E-state index is 12.0. The second kappa shape index (κ2) is 5.26. The van der Waals surface area contributed by atoms with Crippen molar-refractivity contribution < 1.29 is 19.1 Å². The summed E-state index contributed by atoms with van der Waals surface area (Å²) in [6, 6.07) is 3.48. The van der Waals surface area contributed by atoms with Gasteiger partial charge in [-0.15, -0.1) is 0 Å². The molecule has 4 nitrogen and oxygen atoms in total. The van der Waals surface area contributed by atoms with Gasteiger partial charge in [-0.3, -0.25) is 4.79 Å². The zero-order valence-electron chi connectivity index (χ0n) is 11.8.